The summed E-state index contributed by atoms with van der Waals surface area (Å²) in [6, 6.07) is 10.4. The lowest BCUT2D eigenvalue weighted by atomic mass is 10.1. The minimum atomic E-state index is -0.252. The maximum absolute atomic E-state index is 12.6. The van der Waals surface area contributed by atoms with E-state index in [0.29, 0.717) is 22.7 Å². The third-order valence-corrected chi connectivity index (χ3v) is 4.60. The summed E-state index contributed by atoms with van der Waals surface area (Å²) in [6.45, 7) is 1.49. The molecule has 2 aromatic rings. The zero-order valence-corrected chi connectivity index (χ0v) is 16.6. The summed E-state index contributed by atoms with van der Waals surface area (Å²) < 4.78 is 11.2. The standard InChI is InChI=1S/C18H19IN2O4/c1-11(22)21(2)13-7-5-12(6-8-13)20-18(23)14-9-16(24-3)17(25-4)10-15(14)19/h5-10H,1-4H3,(H,20,23). The van der Waals surface area contributed by atoms with E-state index in [9.17, 15) is 9.59 Å². The summed E-state index contributed by atoms with van der Waals surface area (Å²) in [4.78, 5) is 25.5. The van der Waals surface area contributed by atoms with Gasteiger partial charge in [0.1, 0.15) is 0 Å². The van der Waals surface area contributed by atoms with Crippen LogP contribution in [0.2, 0.25) is 0 Å². The molecule has 132 valence electrons. The number of benzene rings is 2. The van der Waals surface area contributed by atoms with Crippen molar-refractivity contribution in [3.63, 3.8) is 0 Å². The summed E-state index contributed by atoms with van der Waals surface area (Å²) in [5.41, 5.74) is 1.88. The number of hydrogen-bond donors (Lipinski definition) is 1. The number of nitrogens with one attached hydrogen (secondary N) is 1. The van der Waals surface area contributed by atoms with Crippen LogP contribution in [0, 0.1) is 3.57 Å². The van der Waals surface area contributed by atoms with Gasteiger partial charge in [0.25, 0.3) is 5.91 Å². The van der Waals surface area contributed by atoms with Crippen molar-refractivity contribution in [2.24, 2.45) is 0 Å². The second-order valence-electron chi connectivity index (χ2n) is 5.27. The van der Waals surface area contributed by atoms with E-state index in [4.69, 9.17) is 9.47 Å². The van der Waals surface area contributed by atoms with Crippen molar-refractivity contribution in [1.29, 1.82) is 0 Å². The molecule has 0 heterocycles. The number of amides is 2. The van der Waals surface area contributed by atoms with Gasteiger partial charge in [0, 0.05) is 28.9 Å². The number of hydrogen-bond acceptors (Lipinski definition) is 4. The second-order valence-corrected chi connectivity index (χ2v) is 6.43. The minimum absolute atomic E-state index is 0.0586. The van der Waals surface area contributed by atoms with Gasteiger partial charge in [-0.1, -0.05) is 0 Å². The van der Waals surface area contributed by atoms with Gasteiger partial charge in [0.15, 0.2) is 11.5 Å². The van der Waals surface area contributed by atoms with Crippen LogP contribution in [0.15, 0.2) is 36.4 Å². The van der Waals surface area contributed by atoms with E-state index in [1.165, 1.54) is 18.9 Å². The number of nitrogens with zero attached hydrogens (tertiary/aromatic N) is 1. The van der Waals surface area contributed by atoms with Crippen LogP contribution in [-0.2, 0) is 4.79 Å². The largest absolute Gasteiger partial charge is 0.493 e. The van der Waals surface area contributed by atoms with E-state index < -0.39 is 0 Å². The topological polar surface area (TPSA) is 67.9 Å². The van der Waals surface area contributed by atoms with Crippen molar-refractivity contribution < 1.29 is 19.1 Å². The number of anilines is 2. The van der Waals surface area contributed by atoms with Crippen LogP contribution < -0.4 is 19.7 Å². The molecule has 0 aliphatic carbocycles. The van der Waals surface area contributed by atoms with Crippen LogP contribution >= 0.6 is 22.6 Å². The van der Waals surface area contributed by atoms with E-state index in [1.54, 1.807) is 50.6 Å². The normalized spacial score (nSPS) is 10.1. The lowest BCUT2D eigenvalue weighted by Crippen LogP contribution is -2.22. The Morgan fingerprint density at radius 2 is 1.60 bits per heavy atom. The van der Waals surface area contributed by atoms with Gasteiger partial charge in [-0.25, -0.2) is 0 Å². The lowest BCUT2D eigenvalue weighted by Gasteiger charge is -2.16. The molecule has 0 atom stereocenters. The molecule has 2 amide bonds. The summed E-state index contributed by atoms with van der Waals surface area (Å²) in [5.74, 6) is 0.751. The molecule has 0 bridgehead atoms. The monoisotopic (exact) mass is 454 g/mol. The molecule has 0 radical (unpaired) electrons. The van der Waals surface area contributed by atoms with Crippen LogP contribution in [0.3, 0.4) is 0 Å². The molecule has 0 aliphatic heterocycles. The van der Waals surface area contributed by atoms with Crippen molar-refractivity contribution in [3.8, 4) is 11.5 Å². The van der Waals surface area contributed by atoms with Crippen molar-refractivity contribution in [2.75, 3.05) is 31.5 Å². The summed E-state index contributed by atoms with van der Waals surface area (Å²) in [5, 5.41) is 2.84. The fourth-order valence-electron chi connectivity index (χ4n) is 2.18. The molecule has 0 unspecified atom stereocenters. The summed E-state index contributed by atoms with van der Waals surface area (Å²) >= 11 is 2.08. The van der Waals surface area contributed by atoms with Gasteiger partial charge in [0.05, 0.1) is 19.8 Å². The first-order valence-electron chi connectivity index (χ1n) is 7.44. The Balaban J connectivity index is 2.21. The highest BCUT2D eigenvalue weighted by Gasteiger charge is 2.16. The highest BCUT2D eigenvalue weighted by atomic mass is 127. The van der Waals surface area contributed by atoms with Crippen molar-refractivity contribution in [2.45, 2.75) is 6.92 Å². The van der Waals surface area contributed by atoms with Gasteiger partial charge in [0.2, 0.25) is 5.91 Å². The molecule has 0 saturated heterocycles. The fourth-order valence-corrected chi connectivity index (χ4v) is 2.86. The molecule has 6 nitrogen and oxygen atoms in total. The number of carbonyl (C=O) groups excluding carboxylic acids is 2. The Morgan fingerprint density at radius 1 is 1.04 bits per heavy atom. The maximum Gasteiger partial charge on any atom is 0.256 e. The number of methoxy groups -OCH3 is 2. The number of ether oxygens (including phenoxy) is 2. The average molecular weight is 454 g/mol. The van der Waals surface area contributed by atoms with Gasteiger partial charge < -0.3 is 19.7 Å². The molecular formula is C18H19IN2O4. The SMILES string of the molecule is COc1cc(I)c(C(=O)Nc2ccc(N(C)C(C)=O)cc2)cc1OC. The fraction of sp³-hybridized carbons (Fsp3) is 0.222. The Labute approximate surface area is 160 Å². The Kier molecular flexibility index (Phi) is 6.24. The molecule has 0 aromatic heterocycles. The highest BCUT2D eigenvalue weighted by Crippen LogP contribution is 2.31. The van der Waals surface area contributed by atoms with Gasteiger partial charge in [-0.05, 0) is 59.0 Å². The zero-order valence-electron chi connectivity index (χ0n) is 14.4. The molecule has 0 fully saturated rings. The summed E-state index contributed by atoms with van der Waals surface area (Å²) in [6.07, 6.45) is 0. The number of halogens is 1. The van der Waals surface area contributed by atoms with E-state index in [-0.39, 0.29) is 11.8 Å². The highest BCUT2D eigenvalue weighted by molar-refractivity contribution is 14.1. The van der Waals surface area contributed by atoms with E-state index in [2.05, 4.69) is 27.9 Å². The Hall–Kier alpha value is -2.29. The van der Waals surface area contributed by atoms with E-state index in [1.807, 2.05) is 0 Å². The number of rotatable bonds is 5. The Bertz CT molecular complexity index is 790. The third-order valence-electron chi connectivity index (χ3n) is 3.70. The minimum Gasteiger partial charge on any atom is -0.493 e. The molecule has 1 N–H and O–H groups in total. The predicted octanol–water partition coefficient (Wildman–Crippen LogP) is 3.54. The predicted molar refractivity (Wildman–Crippen MR) is 106 cm³/mol. The quantitative estimate of drug-likeness (QED) is 0.702. The molecule has 0 spiro atoms. The van der Waals surface area contributed by atoms with Crippen molar-refractivity contribution >= 4 is 45.8 Å². The molecule has 7 heteroatoms. The molecule has 0 aliphatic rings. The third kappa shape index (κ3) is 4.41. The van der Waals surface area contributed by atoms with Gasteiger partial charge in [-0.15, -0.1) is 0 Å². The van der Waals surface area contributed by atoms with Crippen LogP contribution in [0.5, 0.6) is 11.5 Å². The first-order chi connectivity index (χ1) is 11.9. The van der Waals surface area contributed by atoms with Crippen LogP contribution in [0.4, 0.5) is 11.4 Å². The van der Waals surface area contributed by atoms with Crippen molar-refractivity contribution in [3.05, 3.63) is 45.5 Å². The molecule has 0 saturated carbocycles. The average Bonchev–Trinajstić information content (AvgIpc) is 2.61. The molecular weight excluding hydrogens is 435 g/mol. The van der Waals surface area contributed by atoms with E-state index in [0.717, 1.165) is 9.26 Å². The second kappa shape index (κ2) is 8.19. The lowest BCUT2D eigenvalue weighted by molar-refractivity contribution is -0.116. The first-order valence-corrected chi connectivity index (χ1v) is 8.52. The molecule has 25 heavy (non-hydrogen) atoms. The number of carbonyl (C=O) groups is 2. The van der Waals surface area contributed by atoms with Gasteiger partial charge >= 0.3 is 0 Å². The first kappa shape index (κ1) is 19.0. The van der Waals surface area contributed by atoms with Gasteiger partial charge in [-0.3, -0.25) is 9.59 Å². The van der Waals surface area contributed by atoms with E-state index >= 15 is 0 Å². The van der Waals surface area contributed by atoms with Crippen LogP contribution in [-0.4, -0.2) is 33.1 Å². The maximum atomic E-state index is 12.6. The van der Waals surface area contributed by atoms with Crippen LogP contribution in [0.1, 0.15) is 17.3 Å². The molecule has 2 aromatic carbocycles. The zero-order chi connectivity index (χ0) is 18.6. The van der Waals surface area contributed by atoms with Crippen molar-refractivity contribution in [1.82, 2.24) is 0 Å². The molecule has 2 rings (SSSR count). The Morgan fingerprint density at radius 3 is 2.12 bits per heavy atom. The van der Waals surface area contributed by atoms with Gasteiger partial charge in [-0.2, -0.15) is 0 Å². The van der Waals surface area contributed by atoms with Crippen LogP contribution in [0.25, 0.3) is 0 Å². The summed E-state index contributed by atoms with van der Waals surface area (Å²) in [7, 11) is 4.77. The smallest absolute Gasteiger partial charge is 0.256 e.